The minimum absolute atomic E-state index is 0. The molecule has 1 aliphatic heterocycles. The van der Waals surface area contributed by atoms with Crippen molar-refractivity contribution in [3.05, 3.63) is 0 Å². The second-order valence-electron chi connectivity index (χ2n) is 6.04. The molecule has 23 heavy (non-hydrogen) atoms. The highest BCUT2D eigenvalue weighted by molar-refractivity contribution is 5.85. The summed E-state index contributed by atoms with van der Waals surface area (Å²) in [5.74, 6) is -0.669. The van der Waals surface area contributed by atoms with E-state index >= 15 is 0 Å². The summed E-state index contributed by atoms with van der Waals surface area (Å²) in [7, 11) is 0. The fourth-order valence-corrected chi connectivity index (χ4v) is 3.01. The lowest BCUT2D eigenvalue weighted by Gasteiger charge is -2.39. The number of carboxylic acid groups (broad SMARTS) is 1. The number of likely N-dealkylation sites (N-methyl/N-ethyl adjacent to an activating group) is 1. The first-order valence-electron chi connectivity index (χ1n) is 8.47. The molecule has 6 nitrogen and oxygen atoms in total. The third-order valence-electron chi connectivity index (χ3n) is 4.52. The van der Waals surface area contributed by atoms with Gasteiger partial charge in [-0.2, -0.15) is 0 Å². The van der Waals surface area contributed by atoms with E-state index in [1.807, 2.05) is 18.7 Å². The number of halogens is 1. The number of amides is 1. The first kappa shape index (κ1) is 22.1. The molecule has 1 unspecified atom stereocenters. The summed E-state index contributed by atoms with van der Waals surface area (Å²) in [6, 6.07) is 0.208. The number of hydrogen-bond donors (Lipinski definition) is 2. The summed E-state index contributed by atoms with van der Waals surface area (Å²) in [5, 5.41) is 11.9. The third kappa shape index (κ3) is 7.50. The monoisotopic (exact) mass is 349 g/mol. The first-order valence-corrected chi connectivity index (χ1v) is 8.47. The zero-order valence-electron chi connectivity index (χ0n) is 14.6. The van der Waals surface area contributed by atoms with E-state index in [0.29, 0.717) is 6.04 Å². The molecule has 1 amide bonds. The Morgan fingerprint density at radius 2 is 1.91 bits per heavy atom. The number of carboxylic acids is 1. The molecule has 0 radical (unpaired) electrons. The molecule has 1 fully saturated rings. The Hall–Kier alpha value is -0.850. The van der Waals surface area contributed by atoms with Crippen LogP contribution in [0, 0.1) is 0 Å². The first-order chi connectivity index (χ1) is 10.5. The van der Waals surface area contributed by atoms with Gasteiger partial charge in [0.25, 0.3) is 0 Å². The molecule has 1 aliphatic rings. The predicted molar refractivity (Wildman–Crippen MR) is 94.1 cm³/mol. The summed E-state index contributed by atoms with van der Waals surface area (Å²) in [6.45, 7) is 9.37. The van der Waals surface area contributed by atoms with Crippen molar-refractivity contribution < 1.29 is 14.7 Å². The van der Waals surface area contributed by atoms with Crippen LogP contribution >= 0.6 is 12.4 Å². The van der Waals surface area contributed by atoms with Gasteiger partial charge in [-0.1, -0.05) is 20.3 Å². The highest BCUT2D eigenvalue weighted by atomic mass is 35.5. The standard InChI is InChI=1S/C16H31N3O3.ClH/c1-4-6-9-17-16(22)13(3)19-10-7-14(8-11-19)18(5-2)12-15(20)21;/h13-14H,4-12H2,1-3H3,(H,17,22)(H,20,21);1H. The number of nitrogens with zero attached hydrogens (tertiary/aromatic N) is 2. The van der Waals surface area contributed by atoms with Gasteiger partial charge in [-0.25, -0.2) is 0 Å². The van der Waals surface area contributed by atoms with Crippen molar-refractivity contribution >= 4 is 24.3 Å². The van der Waals surface area contributed by atoms with Crippen molar-refractivity contribution in [1.82, 2.24) is 15.1 Å². The van der Waals surface area contributed by atoms with Crippen LogP contribution in [0.2, 0.25) is 0 Å². The highest BCUT2D eigenvalue weighted by Crippen LogP contribution is 2.18. The van der Waals surface area contributed by atoms with Gasteiger partial charge < -0.3 is 10.4 Å². The van der Waals surface area contributed by atoms with Crippen LogP contribution in [0.5, 0.6) is 0 Å². The Kier molecular flexibility index (Phi) is 11.2. The van der Waals surface area contributed by atoms with E-state index in [-0.39, 0.29) is 30.9 Å². The van der Waals surface area contributed by atoms with Crippen LogP contribution in [0.1, 0.15) is 46.5 Å². The van der Waals surface area contributed by atoms with E-state index in [9.17, 15) is 9.59 Å². The van der Waals surface area contributed by atoms with Gasteiger partial charge >= 0.3 is 5.97 Å². The van der Waals surface area contributed by atoms with Gasteiger partial charge in [0.15, 0.2) is 0 Å². The Morgan fingerprint density at radius 3 is 2.39 bits per heavy atom. The van der Waals surface area contributed by atoms with Crippen LogP contribution in [0.15, 0.2) is 0 Å². The predicted octanol–water partition coefficient (Wildman–Crippen LogP) is 1.58. The van der Waals surface area contributed by atoms with Gasteiger partial charge in [-0.3, -0.25) is 19.4 Å². The van der Waals surface area contributed by atoms with Crippen molar-refractivity contribution in [2.75, 3.05) is 32.7 Å². The van der Waals surface area contributed by atoms with Crippen molar-refractivity contribution in [2.45, 2.75) is 58.5 Å². The zero-order chi connectivity index (χ0) is 16.5. The molecule has 0 aromatic carbocycles. The molecule has 0 aliphatic carbocycles. The largest absolute Gasteiger partial charge is 0.480 e. The molecule has 1 atom stereocenters. The second kappa shape index (κ2) is 11.6. The fourth-order valence-electron chi connectivity index (χ4n) is 3.01. The number of nitrogens with one attached hydrogen (secondary N) is 1. The Balaban J connectivity index is 0.00000484. The van der Waals surface area contributed by atoms with Crippen molar-refractivity contribution in [2.24, 2.45) is 0 Å². The summed E-state index contributed by atoms with van der Waals surface area (Å²) in [4.78, 5) is 27.2. The number of carbonyl (C=O) groups is 2. The van der Waals surface area contributed by atoms with Gasteiger partial charge in [0.1, 0.15) is 0 Å². The maximum absolute atomic E-state index is 12.1. The quantitative estimate of drug-likeness (QED) is 0.618. The normalized spacial score (nSPS) is 17.6. The van der Waals surface area contributed by atoms with Crippen LogP contribution in [-0.2, 0) is 9.59 Å². The van der Waals surface area contributed by atoms with Crippen LogP contribution in [0.3, 0.4) is 0 Å². The Bertz CT molecular complexity index is 360. The smallest absolute Gasteiger partial charge is 0.317 e. The van der Waals surface area contributed by atoms with E-state index < -0.39 is 5.97 Å². The second-order valence-corrected chi connectivity index (χ2v) is 6.04. The maximum atomic E-state index is 12.1. The molecule has 1 saturated heterocycles. The van der Waals surface area contributed by atoms with Crippen LogP contribution in [0.4, 0.5) is 0 Å². The summed E-state index contributed by atoms with van der Waals surface area (Å²) >= 11 is 0. The SMILES string of the molecule is CCCCNC(=O)C(C)N1CCC(N(CC)CC(=O)O)CC1.Cl. The molecule has 1 rings (SSSR count). The molecule has 136 valence electrons. The number of likely N-dealkylation sites (tertiary alicyclic amines) is 1. The van der Waals surface area contributed by atoms with Gasteiger partial charge in [-0.15, -0.1) is 12.4 Å². The minimum Gasteiger partial charge on any atom is -0.480 e. The number of rotatable bonds is 9. The highest BCUT2D eigenvalue weighted by Gasteiger charge is 2.29. The number of unbranched alkanes of at least 4 members (excludes halogenated alkanes) is 1. The average molecular weight is 350 g/mol. The molecular formula is C16H32ClN3O3. The molecular weight excluding hydrogens is 318 g/mol. The molecule has 0 saturated carbocycles. The minimum atomic E-state index is -0.770. The summed E-state index contributed by atoms with van der Waals surface area (Å²) in [6.07, 6.45) is 3.94. The van der Waals surface area contributed by atoms with E-state index in [0.717, 1.165) is 51.9 Å². The van der Waals surface area contributed by atoms with Crippen molar-refractivity contribution in [3.8, 4) is 0 Å². The number of hydrogen-bond acceptors (Lipinski definition) is 4. The van der Waals surface area contributed by atoms with Crippen molar-refractivity contribution in [1.29, 1.82) is 0 Å². The fraction of sp³-hybridized carbons (Fsp3) is 0.875. The molecule has 0 spiro atoms. The lowest BCUT2D eigenvalue weighted by atomic mass is 10.0. The van der Waals surface area contributed by atoms with Crippen molar-refractivity contribution in [3.63, 3.8) is 0 Å². The summed E-state index contributed by atoms with van der Waals surface area (Å²) in [5.41, 5.74) is 0. The van der Waals surface area contributed by atoms with Gasteiger partial charge in [0, 0.05) is 25.7 Å². The van der Waals surface area contributed by atoms with Crippen LogP contribution in [0.25, 0.3) is 0 Å². The molecule has 0 bridgehead atoms. The number of aliphatic carboxylic acids is 1. The Labute approximate surface area is 146 Å². The zero-order valence-corrected chi connectivity index (χ0v) is 15.4. The molecule has 0 aromatic rings. The molecule has 1 heterocycles. The molecule has 7 heteroatoms. The van der Waals surface area contributed by atoms with E-state index in [1.165, 1.54) is 0 Å². The van der Waals surface area contributed by atoms with Gasteiger partial charge in [0.2, 0.25) is 5.91 Å². The average Bonchev–Trinajstić information content (AvgIpc) is 2.52. The van der Waals surface area contributed by atoms with Crippen LogP contribution < -0.4 is 5.32 Å². The number of piperidine rings is 1. The van der Waals surface area contributed by atoms with Gasteiger partial charge in [-0.05, 0) is 32.7 Å². The summed E-state index contributed by atoms with van der Waals surface area (Å²) < 4.78 is 0. The van der Waals surface area contributed by atoms with Crippen LogP contribution in [-0.4, -0.2) is 71.6 Å². The topological polar surface area (TPSA) is 72.9 Å². The lowest BCUT2D eigenvalue weighted by Crippen LogP contribution is -2.52. The third-order valence-corrected chi connectivity index (χ3v) is 4.52. The number of carbonyl (C=O) groups excluding carboxylic acids is 1. The Morgan fingerprint density at radius 1 is 1.30 bits per heavy atom. The van der Waals surface area contributed by atoms with E-state index in [1.54, 1.807) is 0 Å². The van der Waals surface area contributed by atoms with E-state index in [2.05, 4.69) is 17.1 Å². The molecule has 0 aromatic heterocycles. The molecule has 2 N–H and O–H groups in total. The van der Waals surface area contributed by atoms with E-state index in [4.69, 9.17) is 5.11 Å². The van der Waals surface area contributed by atoms with Gasteiger partial charge in [0.05, 0.1) is 12.6 Å². The maximum Gasteiger partial charge on any atom is 0.317 e. The lowest BCUT2D eigenvalue weighted by molar-refractivity contribution is -0.139.